The molecule has 0 aromatic heterocycles. The molecule has 3 N–H and O–H groups in total. The fraction of sp³-hybridized carbons (Fsp3) is 0.179. The number of benzene rings is 3. The van der Waals surface area contributed by atoms with Gasteiger partial charge in [0.05, 0.1) is 13.0 Å². The first kappa shape index (κ1) is 23.6. The fourth-order valence-corrected chi connectivity index (χ4v) is 4.18. The third kappa shape index (κ3) is 5.87. The highest BCUT2D eigenvalue weighted by Crippen LogP contribution is 2.44. The summed E-state index contributed by atoms with van der Waals surface area (Å²) < 4.78 is 5.43. The zero-order chi connectivity index (χ0) is 24.6. The van der Waals surface area contributed by atoms with Crippen molar-refractivity contribution < 1.29 is 24.2 Å². The second-order valence-corrected chi connectivity index (χ2v) is 8.00. The van der Waals surface area contributed by atoms with Crippen LogP contribution < -0.4 is 10.6 Å². The quantitative estimate of drug-likeness (QED) is 0.461. The minimum atomic E-state index is -0.942. The third-order valence-electron chi connectivity index (χ3n) is 5.77. The second kappa shape index (κ2) is 11.0. The summed E-state index contributed by atoms with van der Waals surface area (Å²) in [7, 11) is 0. The molecular weight excluding hydrogens is 444 g/mol. The van der Waals surface area contributed by atoms with Gasteiger partial charge in [-0.05, 0) is 39.3 Å². The van der Waals surface area contributed by atoms with Crippen LogP contribution in [0.25, 0.3) is 11.1 Å². The predicted octanol–water partition coefficient (Wildman–Crippen LogP) is 3.47. The molecule has 3 aromatic rings. The van der Waals surface area contributed by atoms with Crippen LogP contribution in [0.2, 0.25) is 0 Å². The summed E-state index contributed by atoms with van der Waals surface area (Å²) in [5.74, 6) is 3.50. The molecule has 0 spiro atoms. The number of carboxylic acids is 1. The Morgan fingerprint density at radius 1 is 0.829 bits per heavy atom. The van der Waals surface area contributed by atoms with Crippen LogP contribution in [0.1, 0.15) is 28.2 Å². The first-order chi connectivity index (χ1) is 17.0. The summed E-state index contributed by atoms with van der Waals surface area (Å²) in [6, 6.07) is 23.2. The van der Waals surface area contributed by atoms with Gasteiger partial charge in [0.15, 0.2) is 0 Å². The van der Waals surface area contributed by atoms with Crippen LogP contribution in [-0.4, -0.2) is 36.2 Å². The highest BCUT2D eigenvalue weighted by molar-refractivity contribution is 5.93. The lowest BCUT2D eigenvalue weighted by Gasteiger charge is -2.14. The number of amides is 2. The lowest BCUT2D eigenvalue weighted by Crippen LogP contribution is -2.27. The van der Waals surface area contributed by atoms with Gasteiger partial charge in [-0.3, -0.25) is 9.59 Å². The Morgan fingerprint density at radius 2 is 1.43 bits per heavy atom. The van der Waals surface area contributed by atoms with Crippen LogP contribution in [-0.2, 0) is 27.3 Å². The van der Waals surface area contributed by atoms with E-state index in [9.17, 15) is 14.4 Å². The van der Waals surface area contributed by atoms with E-state index in [-0.39, 0.29) is 32.0 Å². The number of nitrogens with one attached hydrogen (secondary N) is 2. The Balaban J connectivity index is 1.24. The van der Waals surface area contributed by atoms with Gasteiger partial charge in [0.1, 0.15) is 6.61 Å². The molecule has 0 heterocycles. The molecule has 0 unspecified atom stereocenters. The monoisotopic (exact) mass is 468 g/mol. The molecule has 2 amide bonds. The summed E-state index contributed by atoms with van der Waals surface area (Å²) in [6.45, 7) is 0.319. The zero-order valence-electron chi connectivity index (χ0n) is 18.9. The fourth-order valence-electron chi connectivity index (χ4n) is 4.18. The molecule has 0 radical (unpaired) electrons. The number of hydrogen-bond acceptors (Lipinski definition) is 4. The topological polar surface area (TPSA) is 105 Å². The standard InChI is InChI=1S/C28H24N2O5/c31-26(30-17-20-9-2-1-8-19(20)16-27(32)33)14-7-15-29-28(34)35-18-25-23-12-5-3-10-21(23)22-11-4-6-13-24(22)25/h1-6,8-13,25H,15-18H2,(H,29,34)(H,30,31)(H,32,33). The van der Waals surface area contributed by atoms with Crippen LogP contribution >= 0.6 is 0 Å². The summed E-state index contributed by atoms with van der Waals surface area (Å²) in [4.78, 5) is 35.1. The highest BCUT2D eigenvalue weighted by atomic mass is 16.5. The molecule has 1 aliphatic carbocycles. The van der Waals surface area contributed by atoms with Crippen molar-refractivity contribution in [2.75, 3.05) is 13.2 Å². The smallest absolute Gasteiger partial charge is 0.407 e. The van der Waals surface area contributed by atoms with Crippen molar-refractivity contribution in [3.63, 3.8) is 0 Å². The number of fused-ring (bicyclic) bond motifs is 3. The van der Waals surface area contributed by atoms with E-state index in [1.807, 2.05) is 36.4 Å². The van der Waals surface area contributed by atoms with Crippen LogP contribution in [0.15, 0.2) is 72.8 Å². The van der Waals surface area contributed by atoms with E-state index in [1.54, 1.807) is 24.3 Å². The van der Waals surface area contributed by atoms with Crippen molar-refractivity contribution in [2.45, 2.75) is 18.9 Å². The first-order valence-electron chi connectivity index (χ1n) is 11.2. The second-order valence-electron chi connectivity index (χ2n) is 8.00. The van der Waals surface area contributed by atoms with Gasteiger partial charge in [0, 0.05) is 12.5 Å². The average Bonchev–Trinajstić information content (AvgIpc) is 3.18. The van der Waals surface area contributed by atoms with Crippen molar-refractivity contribution >= 4 is 18.0 Å². The lowest BCUT2D eigenvalue weighted by atomic mass is 9.98. The van der Waals surface area contributed by atoms with E-state index in [1.165, 1.54) is 0 Å². The molecule has 0 atom stereocenters. The average molecular weight is 469 g/mol. The van der Waals surface area contributed by atoms with Gasteiger partial charge in [0.2, 0.25) is 0 Å². The van der Waals surface area contributed by atoms with E-state index in [2.05, 4.69) is 34.6 Å². The van der Waals surface area contributed by atoms with E-state index in [0.717, 1.165) is 22.3 Å². The Kier molecular flexibility index (Phi) is 7.44. The van der Waals surface area contributed by atoms with Gasteiger partial charge in [-0.25, -0.2) is 4.79 Å². The van der Waals surface area contributed by atoms with Crippen LogP contribution in [0.4, 0.5) is 4.79 Å². The number of rotatable bonds is 7. The van der Waals surface area contributed by atoms with Crippen LogP contribution in [0.5, 0.6) is 0 Å². The Labute approximate surface area is 203 Å². The van der Waals surface area contributed by atoms with Crippen molar-refractivity contribution in [2.24, 2.45) is 0 Å². The zero-order valence-corrected chi connectivity index (χ0v) is 18.9. The van der Waals surface area contributed by atoms with E-state index in [4.69, 9.17) is 9.84 Å². The van der Waals surface area contributed by atoms with Gasteiger partial charge < -0.3 is 20.5 Å². The molecule has 0 saturated carbocycles. The van der Waals surface area contributed by atoms with E-state index < -0.39 is 18.0 Å². The maximum Gasteiger partial charge on any atom is 0.407 e. The molecular formula is C28H24N2O5. The molecule has 7 heteroatoms. The molecule has 0 bridgehead atoms. The number of aliphatic carboxylic acids is 1. The van der Waals surface area contributed by atoms with Crippen LogP contribution in [0, 0.1) is 11.8 Å². The summed E-state index contributed by atoms with van der Waals surface area (Å²) in [6.07, 6.45) is -0.730. The number of alkyl carbamates (subject to hydrolysis) is 1. The predicted molar refractivity (Wildman–Crippen MR) is 130 cm³/mol. The van der Waals surface area contributed by atoms with Gasteiger partial charge >= 0.3 is 12.1 Å². The number of carbonyl (C=O) groups excluding carboxylic acids is 2. The molecule has 0 aliphatic heterocycles. The summed E-state index contributed by atoms with van der Waals surface area (Å²) >= 11 is 0. The maximum absolute atomic E-state index is 12.2. The van der Waals surface area contributed by atoms with E-state index >= 15 is 0 Å². The van der Waals surface area contributed by atoms with Crippen molar-refractivity contribution in [3.05, 3.63) is 95.1 Å². The minimum absolute atomic E-state index is 0.0333. The normalized spacial score (nSPS) is 11.4. The maximum atomic E-state index is 12.2. The van der Waals surface area contributed by atoms with Gasteiger partial charge in [-0.15, -0.1) is 0 Å². The molecule has 176 valence electrons. The minimum Gasteiger partial charge on any atom is -0.481 e. The summed E-state index contributed by atoms with van der Waals surface area (Å²) in [5, 5.41) is 14.2. The molecule has 0 saturated heterocycles. The van der Waals surface area contributed by atoms with E-state index in [0.29, 0.717) is 11.1 Å². The van der Waals surface area contributed by atoms with Crippen LogP contribution in [0.3, 0.4) is 0 Å². The Hall–Kier alpha value is -4.57. The van der Waals surface area contributed by atoms with Crippen molar-refractivity contribution in [1.82, 2.24) is 10.6 Å². The SMILES string of the molecule is O=C(O)Cc1ccccc1CNC(=O)C#CCNC(=O)OCC1c2ccccc2-c2ccccc21. The number of ether oxygens (including phenoxy) is 1. The molecule has 1 aliphatic rings. The summed E-state index contributed by atoms with van der Waals surface area (Å²) in [5.41, 5.74) is 5.90. The molecule has 7 nitrogen and oxygen atoms in total. The van der Waals surface area contributed by atoms with Crippen molar-refractivity contribution in [1.29, 1.82) is 0 Å². The van der Waals surface area contributed by atoms with Gasteiger partial charge in [0.25, 0.3) is 5.91 Å². The molecule has 0 fully saturated rings. The molecule has 4 rings (SSSR count). The highest BCUT2D eigenvalue weighted by Gasteiger charge is 2.28. The Bertz CT molecular complexity index is 1280. The van der Waals surface area contributed by atoms with Gasteiger partial charge in [-0.1, -0.05) is 78.7 Å². The van der Waals surface area contributed by atoms with Gasteiger partial charge in [-0.2, -0.15) is 0 Å². The molecule has 3 aromatic carbocycles. The number of carbonyl (C=O) groups is 3. The first-order valence-corrected chi connectivity index (χ1v) is 11.2. The largest absolute Gasteiger partial charge is 0.481 e. The number of hydrogen-bond donors (Lipinski definition) is 3. The van der Waals surface area contributed by atoms with Crippen molar-refractivity contribution in [3.8, 4) is 23.0 Å². The Morgan fingerprint density at radius 3 is 2.09 bits per heavy atom. The lowest BCUT2D eigenvalue weighted by molar-refractivity contribution is -0.136. The third-order valence-corrected chi connectivity index (χ3v) is 5.77. The number of carboxylic acid groups (broad SMARTS) is 1. The molecule has 35 heavy (non-hydrogen) atoms.